The number of thioether (sulfide) groups is 1. The lowest BCUT2D eigenvalue weighted by Gasteiger charge is -2.16. The first kappa shape index (κ1) is 16.3. The van der Waals surface area contributed by atoms with E-state index in [0.717, 1.165) is 11.3 Å². The maximum atomic E-state index is 11.8. The summed E-state index contributed by atoms with van der Waals surface area (Å²) in [5.74, 6) is 0.857. The number of nitrogens with one attached hydrogen (secondary N) is 1. The molecule has 106 valence electrons. The topological polar surface area (TPSA) is 49.3 Å². The molecule has 0 aliphatic heterocycles. The van der Waals surface area contributed by atoms with Gasteiger partial charge in [-0.15, -0.1) is 0 Å². The molecule has 0 fully saturated rings. The first-order valence-electron chi connectivity index (χ1n) is 6.29. The number of aliphatic hydroxyl groups is 1. The smallest absolute Gasteiger partial charge is 0.220 e. The van der Waals surface area contributed by atoms with Crippen LogP contribution in [0, 0.1) is 0 Å². The van der Waals surface area contributed by atoms with Crippen LogP contribution in [0.25, 0.3) is 0 Å². The van der Waals surface area contributed by atoms with Crippen LogP contribution in [-0.4, -0.2) is 35.7 Å². The van der Waals surface area contributed by atoms with Crippen molar-refractivity contribution < 1.29 is 9.90 Å². The summed E-state index contributed by atoms with van der Waals surface area (Å²) in [6.07, 6.45) is 3.75. The van der Waals surface area contributed by atoms with Crippen LogP contribution in [0.1, 0.15) is 18.4 Å². The van der Waals surface area contributed by atoms with Gasteiger partial charge in [0.05, 0.1) is 0 Å². The first-order chi connectivity index (χ1) is 9.15. The van der Waals surface area contributed by atoms with Crippen LogP contribution >= 0.6 is 23.4 Å². The largest absolute Gasteiger partial charge is 0.396 e. The highest BCUT2D eigenvalue weighted by Crippen LogP contribution is 2.11. The number of aryl methyl sites for hydroxylation is 1. The van der Waals surface area contributed by atoms with Gasteiger partial charge in [0.2, 0.25) is 5.91 Å². The third-order valence-corrected chi connectivity index (χ3v) is 3.75. The van der Waals surface area contributed by atoms with E-state index in [4.69, 9.17) is 16.7 Å². The summed E-state index contributed by atoms with van der Waals surface area (Å²) < 4.78 is 0. The summed E-state index contributed by atoms with van der Waals surface area (Å²) in [4.78, 5) is 11.8. The lowest BCUT2D eigenvalue weighted by atomic mass is 10.1. The van der Waals surface area contributed by atoms with Gasteiger partial charge in [0, 0.05) is 29.8 Å². The van der Waals surface area contributed by atoms with Gasteiger partial charge in [-0.3, -0.25) is 4.79 Å². The lowest BCUT2D eigenvalue weighted by molar-refractivity contribution is -0.121. The van der Waals surface area contributed by atoms with Crippen LogP contribution in [0.2, 0.25) is 5.02 Å². The second-order valence-electron chi connectivity index (χ2n) is 4.36. The third-order valence-electron chi connectivity index (χ3n) is 2.76. The van der Waals surface area contributed by atoms with Gasteiger partial charge in [-0.1, -0.05) is 23.7 Å². The summed E-state index contributed by atoms with van der Waals surface area (Å²) in [6, 6.07) is 7.58. The number of halogens is 1. The van der Waals surface area contributed by atoms with Crippen molar-refractivity contribution in [1.82, 2.24) is 5.32 Å². The minimum Gasteiger partial charge on any atom is -0.396 e. The van der Waals surface area contributed by atoms with Crippen LogP contribution in [0.15, 0.2) is 24.3 Å². The van der Waals surface area contributed by atoms with Crippen LogP contribution in [-0.2, 0) is 11.2 Å². The molecule has 19 heavy (non-hydrogen) atoms. The minimum absolute atomic E-state index is 0.0300. The Morgan fingerprint density at radius 2 is 2.11 bits per heavy atom. The Morgan fingerprint density at radius 3 is 2.68 bits per heavy atom. The Bertz CT molecular complexity index is 378. The summed E-state index contributed by atoms with van der Waals surface area (Å²) >= 11 is 7.47. The molecular weight excluding hydrogens is 282 g/mol. The van der Waals surface area contributed by atoms with Gasteiger partial charge in [-0.25, -0.2) is 0 Å². The summed E-state index contributed by atoms with van der Waals surface area (Å²) in [7, 11) is 0. The van der Waals surface area contributed by atoms with Gasteiger partial charge in [0.25, 0.3) is 0 Å². The van der Waals surface area contributed by atoms with Crippen LogP contribution < -0.4 is 5.32 Å². The van der Waals surface area contributed by atoms with Gasteiger partial charge in [-0.05, 0) is 36.8 Å². The molecule has 0 saturated carbocycles. The van der Waals surface area contributed by atoms with Crippen molar-refractivity contribution in [2.24, 2.45) is 0 Å². The van der Waals surface area contributed by atoms with Crippen LogP contribution in [0.4, 0.5) is 0 Å². The molecule has 1 aromatic rings. The molecule has 2 N–H and O–H groups in total. The number of aliphatic hydroxyl groups excluding tert-OH is 1. The molecule has 0 heterocycles. The van der Waals surface area contributed by atoms with E-state index in [9.17, 15) is 4.79 Å². The van der Waals surface area contributed by atoms with Crippen molar-refractivity contribution in [3.05, 3.63) is 34.9 Å². The average molecular weight is 302 g/mol. The Kier molecular flexibility index (Phi) is 7.94. The molecule has 0 aliphatic carbocycles. The molecule has 1 amide bonds. The number of hydrogen-bond donors (Lipinski definition) is 2. The van der Waals surface area contributed by atoms with Crippen molar-refractivity contribution in [3.63, 3.8) is 0 Å². The van der Waals surface area contributed by atoms with Crippen molar-refractivity contribution in [2.45, 2.75) is 25.3 Å². The normalized spacial score (nSPS) is 12.2. The number of hydrogen-bond acceptors (Lipinski definition) is 3. The number of rotatable bonds is 8. The Balaban J connectivity index is 2.35. The molecule has 1 unspecified atom stereocenters. The van der Waals surface area contributed by atoms with Crippen molar-refractivity contribution in [3.8, 4) is 0 Å². The SMILES string of the molecule is CSCC(CCO)NC(=O)CCc1ccc(Cl)cc1. The van der Waals surface area contributed by atoms with E-state index in [2.05, 4.69) is 5.32 Å². The first-order valence-corrected chi connectivity index (χ1v) is 8.06. The molecule has 1 aromatic carbocycles. The van der Waals surface area contributed by atoms with E-state index < -0.39 is 0 Å². The predicted octanol–water partition coefficient (Wildman–Crippen LogP) is 2.50. The number of carbonyl (C=O) groups is 1. The average Bonchev–Trinajstić information content (AvgIpc) is 2.39. The molecule has 0 bridgehead atoms. The van der Waals surface area contributed by atoms with Crippen molar-refractivity contribution in [1.29, 1.82) is 0 Å². The van der Waals surface area contributed by atoms with E-state index in [1.165, 1.54) is 0 Å². The third kappa shape index (κ3) is 6.85. The molecule has 5 heteroatoms. The molecular formula is C14H20ClNO2S. The second kappa shape index (κ2) is 9.23. The monoisotopic (exact) mass is 301 g/mol. The Labute approximate surface area is 123 Å². The summed E-state index contributed by atoms with van der Waals surface area (Å²) in [5, 5.41) is 12.6. The molecule has 1 rings (SSSR count). The quantitative estimate of drug-likeness (QED) is 0.775. The molecule has 0 saturated heterocycles. The molecule has 1 atom stereocenters. The van der Waals surface area contributed by atoms with E-state index in [1.807, 2.05) is 30.5 Å². The van der Waals surface area contributed by atoms with E-state index in [-0.39, 0.29) is 18.6 Å². The summed E-state index contributed by atoms with van der Waals surface area (Å²) in [6.45, 7) is 0.0999. The number of amides is 1. The highest BCUT2D eigenvalue weighted by Gasteiger charge is 2.11. The maximum Gasteiger partial charge on any atom is 0.220 e. The van der Waals surface area contributed by atoms with Crippen molar-refractivity contribution >= 4 is 29.3 Å². The maximum absolute atomic E-state index is 11.8. The lowest BCUT2D eigenvalue weighted by Crippen LogP contribution is -2.37. The molecule has 0 aromatic heterocycles. The number of benzene rings is 1. The minimum atomic E-state index is 0.0300. The Hall–Kier alpha value is -0.710. The summed E-state index contributed by atoms with van der Waals surface area (Å²) in [5.41, 5.74) is 1.10. The van der Waals surface area contributed by atoms with Gasteiger partial charge < -0.3 is 10.4 Å². The predicted molar refractivity (Wildman–Crippen MR) is 81.8 cm³/mol. The fourth-order valence-corrected chi connectivity index (χ4v) is 2.54. The molecule has 0 spiro atoms. The van der Waals surface area contributed by atoms with E-state index >= 15 is 0 Å². The highest BCUT2D eigenvalue weighted by atomic mass is 35.5. The fraction of sp³-hybridized carbons (Fsp3) is 0.500. The second-order valence-corrected chi connectivity index (χ2v) is 5.71. The highest BCUT2D eigenvalue weighted by molar-refractivity contribution is 7.98. The number of carbonyl (C=O) groups excluding carboxylic acids is 1. The van der Waals surface area contributed by atoms with Crippen LogP contribution in [0.5, 0.6) is 0 Å². The van der Waals surface area contributed by atoms with Gasteiger partial charge >= 0.3 is 0 Å². The zero-order valence-corrected chi connectivity index (χ0v) is 12.6. The molecule has 0 radical (unpaired) electrons. The standard InChI is InChI=1S/C14H20ClNO2S/c1-19-10-13(8-9-17)16-14(18)7-4-11-2-5-12(15)6-3-11/h2-3,5-6,13,17H,4,7-10H2,1H3,(H,16,18). The Morgan fingerprint density at radius 1 is 1.42 bits per heavy atom. The van der Waals surface area contributed by atoms with Crippen LogP contribution in [0.3, 0.4) is 0 Å². The van der Waals surface area contributed by atoms with E-state index in [1.54, 1.807) is 11.8 Å². The van der Waals surface area contributed by atoms with E-state index in [0.29, 0.717) is 24.3 Å². The zero-order valence-electron chi connectivity index (χ0n) is 11.1. The van der Waals surface area contributed by atoms with Gasteiger partial charge in [-0.2, -0.15) is 11.8 Å². The fourth-order valence-electron chi connectivity index (χ4n) is 1.76. The molecule has 3 nitrogen and oxygen atoms in total. The zero-order chi connectivity index (χ0) is 14.1. The van der Waals surface area contributed by atoms with Crippen molar-refractivity contribution in [2.75, 3.05) is 18.6 Å². The van der Waals surface area contributed by atoms with Gasteiger partial charge in [0.1, 0.15) is 0 Å². The molecule has 0 aliphatic rings. The van der Waals surface area contributed by atoms with Gasteiger partial charge in [0.15, 0.2) is 0 Å².